The molecule has 1 rings (SSSR count). The second-order valence-electron chi connectivity index (χ2n) is 3.67. The lowest BCUT2D eigenvalue weighted by molar-refractivity contribution is -0.138. The molecule has 0 atom stereocenters. The zero-order valence-corrected chi connectivity index (χ0v) is 11.2. The van der Waals surface area contributed by atoms with Crippen LogP contribution in [0.5, 0.6) is 0 Å². The number of hydrogen-bond donors (Lipinski definition) is 1. The monoisotopic (exact) mass is 265 g/mol. The zero-order chi connectivity index (χ0) is 14.4. The predicted octanol–water partition coefficient (Wildman–Crippen LogP) is 0.735. The number of esters is 2. The predicted molar refractivity (Wildman–Crippen MR) is 67.2 cm³/mol. The summed E-state index contributed by atoms with van der Waals surface area (Å²) >= 11 is 0. The van der Waals surface area contributed by atoms with E-state index in [0.717, 1.165) is 17.5 Å². The average molecular weight is 265 g/mol. The first-order valence-corrected chi connectivity index (χ1v) is 5.43. The molecule has 1 heterocycles. The summed E-state index contributed by atoms with van der Waals surface area (Å²) in [7, 11) is 2.42. The Balaban J connectivity index is 3.04. The van der Waals surface area contributed by atoms with Gasteiger partial charge in [0, 0.05) is 11.4 Å². The molecule has 0 aliphatic rings. The molecule has 0 spiro atoms. The van der Waals surface area contributed by atoms with Crippen LogP contribution in [0.4, 0.5) is 5.95 Å². The SMILES string of the molecule is COC(=O)/C=C(\Nc1nc(C)cc(C)n1)C(=O)OC. The van der Waals surface area contributed by atoms with Gasteiger partial charge in [-0.25, -0.2) is 19.6 Å². The molecule has 102 valence electrons. The second kappa shape index (κ2) is 6.48. The van der Waals surface area contributed by atoms with E-state index in [9.17, 15) is 9.59 Å². The lowest BCUT2D eigenvalue weighted by Crippen LogP contribution is -2.17. The van der Waals surface area contributed by atoms with E-state index in [1.54, 1.807) is 19.9 Å². The molecule has 1 aromatic heterocycles. The maximum absolute atomic E-state index is 11.5. The third kappa shape index (κ3) is 4.38. The molecule has 1 N–H and O–H groups in total. The molecule has 0 saturated heterocycles. The number of carbonyl (C=O) groups excluding carboxylic acids is 2. The number of rotatable bonds is 4. The quantitative estimate of drug-likeness (QED) is 0.634. The van der Waals surface area contributed by atoms with Gasteiger partial charge in [0.15, 0.2) is 0 Å². The Morgan fingerprint density at radius 2 is 1.74 bits per heavy atom. The Morgan fingerprint density at radius 3 is 2.21 bits per heavy atom. The van der Waals surface area contributed by atoms with Crippen molar-refractivity contribution < 1.29 is 19.1 Å². The second-order valence-corrected chi connectivity index (χ2v) is 3.67. The number of nitrogens with zero attached hydrogens (tertiary/aromatic N) is 2. The fraction of sp³-hybridized carbons (Fsp3) is 0.333. The lowest BCUT2D eigenvalue weighted by Gasteiger charge is -2.08. The highest BCUT2D eigenvalue weighted by atomic mass is 16.5. The van der Waals surface area contributed by atoms with Crippen LogP contribution in [-0.4, -0.2) is 36.1 Å². The highest BCUT2D eigenvalue weighted by Crippen LogP contribution is 2.08. The molecule has 0 aromatic carbocycles. The largest absolute Gasteiger partial charge is 0.466 e. The summed E-state index contributed by atoms with van der Waals surface area (Å²) in [6, 6.07) is 1.78. The van der Waals surface area contributed by atoms with Crippen LogP contribution in [0, 0.1) is 13.8 Å². The molecule has 0 amide bonds. The van der Waals surface area contributed by atoms with Gasteiger partial charge >= 0.3 is 11.9 Å². The highest BCUT2D eigenvalue weighted by Gasteiger charge is 2.14. The van der Waals surface area contributed by atoms with Crippen molar-refractivity contribution in [3.63, 3.8) is 0 Å². The van der Waals surface area contributed by atoms with Crippen molar-refractivity contribution in [3.8, 4) is 0 Å². The Kier molecular flexibility index (Phi) is 4.99. The minimum absolute atomic E-state index is 0.0978. The summed E-state index contributed by atoms with van der Waals surface area (Å²) in [5.41, 5.74) is 1.37. The molecule has 19 heavy (non-hydrogen) atoms. The number of hydrogen-bond acceptors (Lipinski definition) is 7. The normalized spacial score (nSPS) is 10.8. The van der Waals surface area contributed by atoms with Crippen LogP contribution in [0.2, 0.25) is 0 Å². The maximum Gasteiger partial charge on any atom is 0.354 e. The number of carbonyl (C=O) groups is 2. The van der Waals surface area contributed by atoms with Crippen molar-refractivity contribution >= 4 is 17.9 Å². The Labute approximate surface area is 110 Å². The zero-order valence-electron chi connectivity index (χ0n) is 11.2. The first-order chi connectivity index (χ1) is 8.96. The van der Waals surface area contributed by atoms with Crippen molar-refractivity contribution in [2.24, 2.45) is 0 Å². The van der Waals surface area contributed by atoms with Crippen molar-refractivity contribution in [1.29, 1.82) is 0 Å². The fourth-order valence-corrected chi connectivity index (χ4v) is 1.34. The number of ether oxygens (including phenoxy) is 2. The summed E-state index contributed by atoms with van der Waals surface area (Å²) in [6.07, 6.45) is 0.979. The van der Waals surface area contributed by atoms with E-state index in [2.05, 4.69) is 24.8 Å². The molecule has 0 fully saturated rings. The van der Waals surface area contributed by atoms with Crippen molar-refractivity contribution in [1.82, 2.24) is 9.97 Å². The van der Waals surface area contributed by atoms with Gasteiger partial charge in [-0.05, 0) is 19.9 Å². The molecule has 0 bridgehead atoms. The molecule has 0 aliphatic heterocycles. The minimum Gasteiger partial charge on any atom is -0.466 e. The average Bonchev–Trinajstić information content (AvgIpc) is 2.35. The van der Waals surface area contributed by atoms with Crippen LogP contribution in [0.3, 0.4) is 0 Å². The molecular weight excluding hydrogens is 250 g/mol. The molecule has 0 aliphatic carbocycles. The van der Waals surface area contributed by atoms with E-state index in [4.69, 9.17) is 0 Å². The Morgan fingerprint density at radius 1 is 1.16 bits per heavy atom. The highest BCUT2D eigenvalue weighted by molar-refractivity contribution is 5.98. The van der Waals surface area contributed by atoms with E-state index in [1.807, 2.05) is 0 Å². The van der Waals surface area contributed by atoms with Crippen LogP contribution in [0.25, 0.3) is 0 Å². The van der Waals surface area contributed by atoms with Crippen LogP contribution in [0.1, 0.15) is 11.4 Å². The number of methoxy groups -OCH3 is 2. The standard InChI is InChI=1S/C12H15N3O4/c1-7-5-8(2)14-12(13-7)15-9(11(17)19-4)6-10(16)18-3/h5-6H,1-4H3,(H,13,14,15)/b9-6-. The molecule has 0 unspecified atom stereocenters. The van der Waals surface area contributed by atoms with Crippen LogP contribution < -0.4 is 5.32 Å². The van der Waals surface area contributed by atoms with Crippen molar-refractivity contribution in [2.45, 2.75) is 13.8 Å². The molecule has 7 nitrogen and oxygen atoms in total. The lowest BCUT2D eigenvalue weighted by atomic mass is 10.3. The fourth-order valence-electron chi connectivity index (χ4n) is 1.34. The molecule has 1 aromatic rings. The third-order valence-corrected chi connectivity index (χ3v) is 2.10. The summed E-state index contributed by atoms with van der Waals surface area (Å²) in [6.45, 7) is 3.59. The number of aryl methyl sites for hydroxylation is 2. The summed E-state index contributed by atoms with van der Waals surface area (Å²) < 4.78 is 9.01. The minimum atomic E-state index is -0.715. The third-order valence-electron chi connectivity index (χ3n) is 2.10. The van der Waals surface area contributed by atoms with Gasteiger partial charge in [0.2, 0.25) is 5.95 Å². The van der Waals surface area contributed by atoms with Gasteiger partial charge in [-0.15, -0.1) is 0 Å². The van der Waals surface area contributed by atoms with Crippen LogP contribution >= 0.6 is 0 Å². The first kappa shape index (κ1) is 14.6. The van der Waals surface area contributed by atoms with E-state index >= 15 is 0 Å². The maximum atomic E-state index is 11.5. The van der Waals surface area contributed by atoms with Crippen LogP contribution in [-0.2, 0) is 19.1 Å². The summed E-state index contributed by atoms with van der Waals surface area (Å²) in [5, 5.41) is 2.64. The number of anilines is 1. The van der Waals surface area contributed by atoms with E-state index < -0.39 is 11.9 Å². The van der Waals surface area contributed by atoms with E-state index in [0.29, 0.717) is 0 Å². The van der Waals surface area contributed by atoms with Crippen molar-refractivity contribution in [3.05, 3.63) is 29.2 Å². The van der Waals surface area contributed by atoms with Crippen molar-refractivity contribution in [2.75, 3.05) is 19.5 Å². The first-order valence-electron chi connectivity index (χ1n) is 5.43. The number of nitrogens with one attached hydrogen (secondary N) is 1. The smallest absolute Gasteiger partial charge is 0.354 e. The summed E-state index contributed by atoms with van der Waals surface area (Å²) in [4.78, 5) is 30.9. The Bertz CT molecular complexity index is 505. The van der Waals surface area contributed by atoms with Gasteiger partial charge < -0.3 is 14.8 Å². The van der Waals surface area contributed by atoms with Gasteiger partial charge in [-0.2, -0.15) is 0 Å². The molecule has 7 heteroatoms. The summed E-state index contributed by atoms with van der Waals surface area (Å²) in [5.74, 6) is -1.19. The Hall–Kier alpha value is -2.44. The molecular formula is C12H15N3O4. The number of aromatic nitrogens is 2. The topological polar surface area (TPSA) is 90.4 Å². The molecule has 0 saturated carbocycles. The van der Waals surface area contributed by atoms with Crippen LogP contribution in [0.15, 0.2) is 17.8 Å². The van der Waals surface area contributed by atoms with E-state index in [-0.39, 0.29) is 11.6 Å². The van der Waals surface area contributed by atoms with Gasteiger partial charge in [-0.1, -0.05) is 0 Å². The van der Waals surface area contributed by atoms with Gasteiger partial charge in [0.1, 0.15) is 5.70 Å². The van der Waals surface area contributed by atoms with Gasteiger partial charge in [0.05, 0.1) is 20.3 Å². The van der Waals surface area contributed by atoms with Gasteiger partial charge in [-0.3, -0.25) is 0 Å². The van der Waals surface area contributed by atoms with E-state index in [1.165, 1.54) is 14.2 Å². The van der Waals surface area contributed by atoms with Gasteiger partial charge in [0.25, 0.3) is 0 Å². The molecule has 0 radical (unpaired) electrons.